The molecule has 0 bridgehead atoms. The number of thiazole rings is 1. The average molecular weight is 298 g/mol. The summed E-state index contributed by atoms with van der Waals surface area (Å²) in [6.07, 6.45) is 0. The predicted octanol–water partition coefficient (Wildman–Crippen LogP) is 2.19. The molecule has 5 nitrogen and oxygen atoms in total. The molecule has 1 N–H and O–H groups in total. The fraction of sp³-hybridized carbons (Fsp3) is 0.133. The molecule has 0 fully saturated rings. The highest BCUT2D eigenvalue weighted by molar-refractivity contribution is 7.16. The van der Waals surface area contributed by atoms with Crippen molar-refractivity contribution in [2.75, 3.05) is 0 Å². The van der Waals surface area contributed by atoms with Crippen molar-refractivity contribution in [3.8, 4) is 0 Å². The van der Waals surface area contributed by atoms with Crippen LogP contribution in [-0.4, -0.2) is 15.5 Å². The van der Waals surface area contributed by atoms with Gasteiger partial charge < -0.3 is 4.57 Å². The summed E-state index contributed by atoms with van der Waals surface area (Å²) in [5.74, 6) is -0.309. The molecule has 0 aliphatic rings. The second kappa shape index (κ2) is 5.49. The molecule has 2 heterocycles. The Bertz CT molecular complexity index is 879. The molecule has 0 saturated carbocycles. The van der Waals surface area contributed by atoms with Crippen molar-refractivity contribution in [3.63, 3.8) is 0 Å². The van der Waals surface area contributed by atoms with E-state index in [0.29, 0.717) is 5.69 Å². The van der Waals surface area contributed by atoms with Crippen LogP contribution < -0.4 is 10.2 Å². The molecular weight excluding hydrogens is 284 g/mol. The summed E-state index contributed by atoms with van der Waals surface area (Å²) in [5.41, 5.74) is 4.81. The van der Waals surface area contributed by atoms with Crippen LogP contribution in [0.3, 0.4) is 0 Å². The number of aromatic nitrogens is 2. The smallest absolute Gasteiger partial charge is 0.290 e. The van der Waals surface area contributed by atoms with Crippen LogP contribution in [0, 0.1) is 6.92 Å². The summed E-state index contributed by atoms with van der Waals surface area (Å²) in [7, 11) is 1.93. The molecule has 0 aliphatic heterocycles. The molecule has 1 amide bonds. The fourth-order valence-electron chi connectivity index (χ4n) is 2.01. The highest BCUT2D eigenvalue weighted by atomic mass is 32.1. The topological polar surface area (TPSA) is 59.3 Å². The first-order valence-corrected chi connectivity index (χ1v) is 7.29. The van der Waals surface area contributed by atoms with Crippen molar-refractivity contribution < 1.29 is 4.79 Å². The highest BCUT2D eigenvalue weighted by Crippen LogP contribution is 2.14. The molecule has 0 spiro atoms. The molecule has 0 atom stereocenters. The molecular formula is C15H14N4OS. The number of nitrogens with zero attached hydrogens (tertiary/aromatic N) is 3. The summed E-state index contributed by atoms with van der Waals surface area (Å²) < 4.78 is 3.07. The van der Waals surface area contributed by atoms with Gasteiger partial charge in [0.1, 0.15) is 5.69 Å². The van der Waals surface area contributed by atoms with Gasteiger partial charge in [-0.25, -0.2) is 10.4 Å². The van der Waals surface area contributed by atoms with E-state index >= 15 is 0 Å². The van der Waals surface area contributed by atoms with Gasteiger partial charge in [0.15, 0.2) is 0 Å². The zero-order chi connectivity index (χ0) is 14.8. The van der Waals surface area contributed by atoms with Crippen molar-refractivity contribution in [3.05, 3.63) is 58.7 Å². The van der Waals surface area contributed by atoms with E-state index in [2.05, 4.69) is 15.5 Å². The number of amides is 1. The van der Waals surface area contributed by atoms with Gasteiger partial charge in [-0.05, 0) is 31.2 Å². The van der Waals surface area contributed by atoms with Gasteiger partial charge in [0, 0.05) is 12.7 Å². The van der Waals surface area contributed by atoms with Crippen LogP contribution in [0.4, 0.5) is 0 Å². The third-order valence-corrected chi connectivity index (χ3v) is 4.20. The van der Waals surface area contributed by atoms with Crippen LogP contribution in [0.25, 0.3) is 10.2 Å². The molecule has 1 aromatic carbocycles. The summed E-state index contributed by atoms with van der Waals surface area (Å²) in [6, 6.07) is 13.3. The first-order valence-electron chi connectivity index (χ1n) is 6.47. The minimum atomic E-state index is -0.309. The lowest BCUT2D eigenvalue weighted by molar-refractivity contribution is 0.0948. The van der Waals surface area contributed by atoms with E-state index in [-0.39, 0.29) is 5.91 Å². The van der Waals surface area contributed by atoms with Crippen molar-refractivity contribution in [2.24, 2.45) is 12.1 Å². The number of benzene rings is 1. The normalized spacial score (nSPS) is 11.8. The molecule has 21 heavy (non-hydrogen) atoms. The maximum Gasteiger partial charge on any atom is 0.290 e. The highest BCUT2D eigenvalue weighted by Gasteiger charge is 2.06. The first kappa shape index (κ1) is 13.5. The number of carbonyl (C=O) groups excluding carboxylic acids is 1. The number of nitrogens with one attached hydrogen (secondary N) is 1. The Labute approximate surface area is 125 Å². The van der Waals surface area contributed by atoms with Gasteiger partial charge in [0.2, 0.25) is 4.80 Å². The molecule has 0 radical (unpaired) electrons. The van der Waals surface area contributed by atoms with E-state index in [0.717, 1.165) is 20.7 Å². The third-order valence-electron chi connectivity index (χ3n) is 3.09. The summed E-state index contributed by atoms with van der Waals surface area (Å²) in [6.45, 7) is 1.85. The lowest BCUT2D eigenvalue weighted by Gasteiger charge is -1.99. The summed E-state index contributed by atoms with van der Waals surface area (Å²) in [5, 5.41) is 4.19. The maximum absolute atomic E-state index is 12.0. The number of aryl methyl sites for hydroxylation is 2. The van der Waals surface area contributed by atoms with Crippen LogP contribution in [0.2, 0.25) is 0 Å². The second-order valence-electron chi connectivity index (χ2n) is 4.63. The summed E-state index contributed by atoms with van der Waals surface area (Å²) in [4.78, 5) is 16.9. The SMILES string of the molecule is Cc1cccc(C(=O)N/N=c2\sc3ccccc3n2C)n1. The van der Waals surface area contributed by atoms with Gasteiger partial charge in [-0.3, -0.25) is 4.79 Å². The molecule has 0 unspecified atom stereocenters. The standard InChI is InChI=1S/C15H14N4OS/c1-10-6-5-7-11(16-10)14(20)17-18-15-19(2)12-8-3-4-9-13(12)21-15/h3-9H,1-2H3,(H,17,20)/b18-15-. The van der Waals surface area contributed by atoms with Gasteiger partial charge in [-0.2, -0.15) is 0 Å². The number of hydrogen-bond donors (Lipinski definition) is 1. The lowest BCUT2D eigenvalue weighted by Crippen LogP contribution is -2.24. The molecule has 3 aromatic rings. The van der Waals surface area contributed by atoms with Gasteiger partial charge >= 0.3 is 0 Å². The second-order valence-corrected chi connectivity index (χ2v) is 5.64. The Kier molecular flexibility index (Phi) is 3.53. The fourth-order valence-corrected chi connectivity index (χ4v) is 2.99. The Balaban J connectivity index is 1.91. The van der Waals surface area contributed by atoms with E-state index in [9.17, 15) is 4.79 Å². The maximum atomic E-state index is 12.0. The van der Waals surface area contributed by atoms with E-state index in [1.807, 2.05) is 48.9 Å². The average Bonchev–Trinajstić information content (AvgIpc) is 2.82. The van der Waals surface area contributed by atoms with E-state index < -0.39 is 0 Å². The lowest BCUT2D eigenvalue weighted by atomic mass is 10.3. The minimum Gasteiger partial charge on any atom is -0.318 e. The number of fused-ring (bicyclic) bond motifs is 1. The van der Waals surface area contributed by atoms with Crippen molar-refractivity contribution in [2.45, 2.75) is 6.92 Å². The third kappa shape index (κ3) is 2.71. The Morgan fingerprint density at radius 2 is 2.05 bits per heavy atom. The molecule has 106 valence electrons. The monoisotopic (exact) mass is 298 g/mol. The number of rotatable bonds is 2. The molecule has 2 aromatic heterocycles. The van der Waals surface area contributed by atoms with Crippen LogP contribution in [0.5, 0.6) is 0 Å². The Morgan fingerprint density at radius 1 is 1.24 bits per heavy atom. The van der Waals surface area contributed by atoms with Crippen molar-refractivity contribution in [1.29, 1.82) is 0 Å². The van der Waals surface area contributed by atoms with Crippen molar-refractivity contribution >= 4 is 27.5 Å². The Hall–Kier alpha value is -2.47. The van der Waals surface area contributed by atoms with Gasteiger partial charge in [0.25, 0.3) is 5.91 Å². The van der Waals surface area contributed by atoms with E-state index in [1.165, 1.54) is 11.3 Å². The minimum absolute atomic E-state index is 0.309. The van der Waals surface area contributed by atoms with Gasteiger partial charge in [-0.1, -0.05) is 29.5 Å². The van der Waals surface area contributed by atoms with Crippen LogP contribution in [-0.2, 0) is 7.05 Å². The molecule has 0 aliphatic carbocycles. The largest absolute Gasteiger partial charge is 0.318 e. The van der Waals surface area contributed by atoms with E-state index in [1.54, 1.807) is 12.1 Å². The van der Waals surface area contributed by atoms with Gasteiger partial charge in [0.05, 0.1) is 10.2 Å². The zero-order valence-electron chi connectivity index (χ0n) is 11.7. The molecule has 6 heteroatoms. The van der Waals surface area contributed by atoms with Gasteiger partial charge in [-0.15, -0.1) is 5.10 Å². The zero-order valence-corrected chi connectivity index (χ0v) is 12.5. The Morgan fingerprint density at radius 3 is 2.81 bits per heavy atom. The molecule has 0 saturated heterocycles. The number of hydrogen-bond acceptors (Lipinski definition) is 4. The number of carbonyl (C=O) groups is 1. The summed E-state index contributed by atoms with van der Waals surface area (Å²) >= 11 is 1.53. The number of para-hydroxylation sites is 1. The number of pyridine rings is 1. The van der Waals surface area contributed by atoms with Crippen molar-refractivity contribution in [1.82, 2.24) is 15.0 Å². The van der Waals surface area contributed by atoms with Crippen LogP contribution >= 0.6 is 11.3 Å². The predicted molar refractivity (Wildman–Crippen MR) is 82.8 cm³/mol. The van der Waals surface area contributed by atoms with E-state index in [4.69, 9.17) is 0 Å². The quantitative estimate of drug-likeness (QED) is 0.737. The molecule has 3 rings (SSSR count). The van der Waals surface area contributed by atoms with Crippen LogP contribution in [0.1, 0.15) is 16.2 Å². The van der Waals surface area contributed by atoms with Crippen LogP contribution in [0.15, 0.2) is 47.6 Å². The first-order chi connectivity index (χ1) is 10.1.